The maximum atomic E-state index is 12.9. The number of benzene rings is 1. The summed E-state index contributed by atoms with van der Waals surface area (Å²) in [6.45, 7) is 11.2. The van der Waals surface area contributed by atoms with Crippen molar-refractivity contribution in [1.29, 1.82) is 0 Å². The lowest BCUT2D eigenvalue weighted by Gasteiger charge is -2.38. The van der Waals surface area contributed by atoms with E-state index in [2.05, 4.69) is 40.8 Å². The third kappa shape index (κ3) is 5.10. The van der Waals surface area contributed by atoms with E-state index in [0.29, 0.717) is 19.3 Å². The third-order valence-corrected chi connectivity index (χ3v) is 8.00. The number of nitrogens with zero attached hydrogens (tertiary/aromatic N) is 4. The van der Waals surface area contributed by atoms with E-state index in [4.69, 9.17) is 9.47 Å². The highest BCUT2D eigenvalue weighted by molar-refractivity contribution is 7.17. The average Bonchev–Trinajstić information content (AvgIpc) is 3.34. The number of thiazole rings is 1. The number of fused-ring (bicyclic) bond motifs is 1. The van der Waals surface area contributed by atoms with Crippen molar-refractivity contribution in [3.05, 3.63) is 34.8 Å². The molecule has 9 heteroatoms. The van der Waals surface area contributed by atoms with E-state index >= 15 is 0 Å². The van der Waals surface area contributed by atoms with Crippen LogP contribution < -0.4 is 14.4 Å². The summed E-state index contributed by atoms with van der Waals surface area (Å²) in [7, 11) is 0. The fourth-order valence-electron chi connectivity index (χ4n) is 4.71. The molecule has 4 heterocycles. The largest absolute Gasteiger partial charge is 0.486 e. The lowest BCUT2D eigenvalue weighted by atomic mass is 9.99. The van der Waals surface area contributed by atoms with Gasteiger partial charge in [-0.2, -0.15) is 0 Å². The molecule has 2 aromatic rings. The molecular formula is C24H34N4O4S. The Morgan fingerprint density at radius 3 is 2.48 bits per heavy atom. The molecule has 2 saturated heterocycles. The van der Waals surface area contributed by atoms with Gasteiger partial charge in [-0.05, 0) is 43.4 Å². The van der Waals surface area contributed by atoms with E-state index in [9.17, 15) is 4.79 Å². The molecule has 1 aromatic carbocycles. The van der Waals surface area contributed by atoms with E-state index in [1.165, 1.54) is 16.9 Å². The van der Waals surface area contributed by atoms with Crippen LogP contribution in [0.5, 0.6) is 11.5 Å². The summed E-state index contributed by atoms with van der Waals surface area (Å²) in [6, 6.07) is 6.59. The Hall–Kier alpha value is -2.36. The maximum absolute atomic E-state index is 12.9. The first-order chi connectivity index (χ1) is 15.6. The van der Waals surface area contributed by atoms with Crippen LogP contribution >= 0.6 is 11.3 Å². The van der Waals surface area contributed by atoms with Crippen molar-refractivity contribution >= 4 is 22.4 Å². The maximum Gasteiger partial charge on any atom is 0.265 e. The van der Waals surface area contributed by atoms with Crippen molar-refractivity contribution in [3.63, 3.8) is 0 Å². The van der Waals surface area contributed by atoms with E-state index < -0.39 is 0 Å². The molecule has 180 valence electrons. The van der Waals surface area contributed by atoms with Crippen molar-refractivity contribution < 1.29 is 19.7 Å². The van der Waals surface area contributed by atoms with Crippen LogP contribution in [0.4, 0.5) is 5.13 Å². The quantitative estimate of drug-likeness (QED) is 0.677. The van der Waals surface area contributed by atoms with Gasteiger partial charge in [-0.25, -0.2) is 4.98 Å². The number of likely N-dealkylation sites (tertiary alicyclic amines) is 1. The molecule has 1 unspecified atom stereocenters. The van der Waals surface area contributed by atoms with Crippen LogP contribution in [0.3, 0.4) is 0 Å². The number of hydrogen-bond donors (Lipinski definition) is 0. The fraction of sp³-hybridized carbons (Fsp3) is 0.583. The number of carbonyl (C=O) groups is 1. The predicted octanol–water partition coefficient (Wildman–Crippen LogP) is 2.84. The Bertz CT molecular complexity index is 952. The van der Waals surface area contributed by atoms with Crippen molar-refractivity contribution in [2.75, 3.05) is 57.4 Å². The number of ether oxygens (including phenoxy) is 2. The Labute approximate surface area is 199 Å². The highest BCUT2D eigenvalue weighted by Crippen LogP contribution is 2.34. The van der Waals surface area contributed by atoms with Gasteiger partial charge in [0.15, 0.2) is 16.6 Å². The molecule has 1 amide bonds. The highest BCUT2D eigenvalue weighted by atomic mass is 32.1. The van der Waals surface area contributed by atoms with E-state index in [-0.39, 0.29) is 11.4 Å². The van der Waals surface area contributed by atoms with Crippen LogP contribution in [0, 0.1) is 5.92 Å². The minimum atomic E-state index is 0. The second-order valence-corrected chi connectivity index (χ2v) is 10.1. The number of hydrogen-bond acceptors (Lipinski definition) is 7. The van der Waals surface area contributed by atoms with Crippen LogP contribution in [0.15, 0.2) is 24.4 Å². The molecule has 1 atom stereocenters. The summed E-state index contributed by atoms with van der Waals surface area (Å²) in [6.07, 6.45) is 3.96. The Balaban J connectivity index is 0.00000259. The molecule has 1 aromatic heterocycles. The topological polar surface area (TPSA) is 89.6 Å². The number of carbonyl (C=O) groups excluding carboxylic acids is 1. The van der Waals surface area contributed by atoms with Crippen molar-refractivity contribution in [2.24, 2.45) is 5.92 Å². The van der Waals surface area contributed by atoms with Gasteiger partial charge in [-0.15, -0.1) is 0 Å². The molecule has 0 saturated carbocycles. The van der Waals surface area contributed by atoms with Gasteiger partial charge >= 0.3 is 0 Å². The lowest BCUT2D eigenvalue weighted by Crippen LogP contribution is -2.47. The number of rotatable bonds is 4. The third-order valence-electron chi connectivity index (χ3n) is 6.96. The standard InChI is InChI=1S/C24H32N4O3S.H2O/c1-17-5-7-27(8-6-17)23(29)22-16-25-24(32-22)28-11-9-26(10-12-28)18(2)19-3-4-20-21(15-19)31-14-13-30-20;/h3-4,15-18H,5-14H2,1-2H3;1H2. The summed E-state index contributed by atoms with van der Waals surface area (Å²) in [5.74, 6) is 2.55. The lowest BCUT2D eigenvalue weighted by molar-refractivity contribution is 0.0702. The molecule has 0 bridgehead atoms. The zero-order valence-electron chi connectivity index (χ0n) is 19.5. The van der Waals surface area contributed by atoms with Crippen LogP contribution in [0.1, 0.15) is 48.0 Å². The normalized spacial score (nSPS) is 20.3. The van der Waals surface area contributed by atoms with E-state index in [1.54, 1.807) is 6.20 Å². The summed E-state index contributed by atoms with van der Waals surface area (Å²) in [5.41, 5.74) is 1.25. The molecule has 33 heavy (non-hydrogen) atoms. The number of aromatic nitrogens is 1. The summed E-state index contributed by atoms with van der Waals surface area (Å²) < 4.78 is 11.4. The average molecular weight is 475 g/mol. The molecule has 3 aliphatic rings. The monoisotopic (exact) mass is 474 g/mol. The Morgan fingerprint density at radius 1 is 1.06 bits per heavy atom. The summed E-state index contributed by atoms with van der Waals surface area (Å²) in [5, 5.41) is 0.963. The predicted molar refractivity (Wildman–Crippen MR) is 130 cm³/mol. The van der Waals surface area contributed by atoms with Crippen molar-refractivity contribution in [2.45, 2.75) is 32.7 Å². The zero-order chi connectivity index (χ0) is 22.1. The van der Waals surface area contributed by atoms with Gasteiger partial charge in [0.05, 0.1) is 6.20 Å². The molecular weight excluding hydrogens is 440 g/mol. The molecule has 2 N–H and O–H groups in total. The smallest absolute Gasteiger partial charge is 0.265 e. The highest BCUT2D eigenvalue weighted by Gasteiger charge is 2.27. The fourth-order valence-corrected chi connectivity index (χ4v) is 5.64. The van der Waals surface area contributed by atoms with Gasteiger partial charge in [0.1, 0.15) is 18.1 Å². The van der Waals surface area contributed by atoms with Crippen LogP contribution in [0.2, 0.25) is 0 Å². The van der Waals surface area contributed by atoms with Crippen molar-refractivity contribution in [1.82, 2.24) is 14.8 Å². The number of piperidine rings is 1. The van der Waals surface area contributed by atoms with Gasteiger partial charge in [-0.1, -0.05) is 24.3 Å². The van der Waals surface area contributed by atoms with Gasteiger partial charge in [0.2, 0.25) is 0 Å². The van der Waals surface area contributed by atoms with E-state index in [0.717, 1.165) is 79.5 Å². The molecule has 2 fully saturated rings. The summed E-state index contributed by atoms with van der Waals surface area (Å²) >= 11 is 1.54. The zero-order valence-corrected chi connectivity index (χ0v) is 20.3. The number of piperazine rings is 1. The first-order valence-corrected chi connectivity index (χ1v) is 12.5. The first-order valence-electron chi connectivity index (χ1n) is 11.7. The molecule has 5 rings (SSSR count). The molecule has 3 aliphatic heterocycles. The minimum absolute atomic E-state index is 0. The van der Waals surface area contributed by atoms with Gasteiger partial charge in [-0.3, -0.25) is 9.69 Å². The second-order valence-electron chi connectivity index (χ2n) is 9.08. The summed E-state index contributed by atoms with van der Waals surface area (Å²) in [4.78, 5) is 25.0. The van der Waals surface area contributed by atoms with Crippen LogP contribution in [-0.2, 0) is 0 Å². The second kappa shape index (κ2) is 10.3. The Morgan fingerprint density at radius 2 is 1.76 bits per heavy atom. The molecule has 0 radical (unpaired) electrons. The van der Waals surface area contributed by atoms with Gasteiger partial charge < -0.3 is 24.7 Å². The molecule has 8 nitrogen and oxygen atoms in total. The number of anilines is 1. The minimum Gasteiger partial charge on any atom is -0.486 e. The molecule has 0 spiro atoms. The van der Waals surface area contributed by atoms with Gasteiger partial charge in [0, 0.05) is 45.3 Å². The number of amides is 1. The van der Waals surface area contributed by atoms with Crippen molar-refractivity contribution in [3.8, 4) is 11.5 Å². The van der Waals surface area contributed by atoms with E-state index in [1.807, 2.05) is 11.0 Å². The van der Waals surface area contributed by atoms with Crippen LogP contribution in [0.25, 0.3) is 0 Å². The Kier molecular flexibility index (Phi) is 7.41. The SMILES string of the molecule is CC1CCN(C(=O)c2cnc(N3CCN(C(C)c4ccc5c(c4)OCCO5)CC3)s2)CC1.O. The first kappa shape index (κ1) is 23.8. The molecule has 0 aliphatic carbocycles. The van der Waals surface area contributed by atoms with Crippen LogP contribution in [-0.4, -0.2) is 78.6 Å². The van der Waals surface area contributed by atoms with Gasteiger partial charge in [0.25, 0.3) is 5.91 Å².